The van der Waals surface area contributed by atoms with Crippen LogP contribution >= 0.6 is 0 Å². The Morgan fingerprint density at radius 3 is 1.69 bits per heavy atom. The molecule has 0 saturated carbocycles. The van der Waals surface area contributed by atoms with Gasteiger partial charge in [-0.25, -0.2) is 0 Å². The number of benzene rings is 9. The molecule has 256 valence electrons. The number of rotatable bonds is 3. The summed E-state index contributed by atoms with van der Waals surface area (Å²) in [6.45, 7) is 0. The van der Waals surface area contributed by atoms with Gasteiger partial charge < -0.3 is 4.74 Å². The zero-order valence-corrected chi connectivity index (χ0v) is 30.0. The molecule has 9 aromatic rings. The monoisotopic (exact) mass is 698 g/mol. The lowest BCUT2D eigenvalue weighted by Crippen LogP contribution is -2.34. The maximum absolute atomic E-state index is 6.81. The van der Waals surface area contributed by atoms with Gasteiger partial charge in [0.15, 0.2) is 0 Å². The number of para-hydroxylation sites is 1. The predicted octanol–water partition coefficient (Wildman–Crippen LogP) is 13.3. The summed E-state index contributed by atoms with van der Waals surface area (Å²) in [4.78, 5) is 0. The molecule has 1 heteroatoms. The van der Waals surface area contributed by atoms with Gasteiger partial charge in [-0.3, -0.25) is 0 Å². The minimum atomic E-state index is -0.595. The summed E-state index contributed by atoms with van der Waals surface area (Å²) in [7, 11) is 0. The van der Waals surface area contributed by atoms with Gasteiger partial charge in [-0.05, 0) is 95.7 Å². The number of hydrogen-bond donors (Lipinski definition) is 0. The van der Waals surface area contributed by atoms with E-state index < -0.39 is 10.8 Å². The van der Waals surface area contributed by atoms with Gasteiger partial charge >= 0.3 is 0 Å². The highest BCUT2D eigenvalue weighted by atomic mass is 16.5. The van der Waals surface area contributed by atoms with Crippen molar-refractivity contribution in [2.75, 3.05) is 0 Å². The van der Waals surface area contributed by atoms with Gasteiger partial charge in [0.25, 0.3) is 0 Å². The smallest absolute Gasteiger partial charge is 0.132 e. The third-order valence-electron chi connectivity index (χ3n) is 12.6. The minimum Gasteiger partial charge on any atom is -0.457 e. The number of hydrogen-bond acceptors (Lipinski definition) is 1. The van der Waals surface area contributed by atoms with E-state index in [1.807, 2.05) is 0 Å². The molecule has 0 saturated heterocycles. The molecule has 0 radical (unpaired) electrons. The fraction of sp³-hybridized carbons (Fsp3) is 0.0370. The van der Waals surface area contributed by atoms with E-state index in [0.717, 1.165) is 22.6 Å². The molecular formula is C54H34O. The quantitative estimate of drug-likeness (QED) is 0.178. The van der Waals surface area contributed by atoms with Crippen molar-refractivity contribution in [3.8, 4) is 44.9 Å². The summed E-state index contributed by atoms with van der Waals surface area (Å²) in [6, 6.07) is 76.1. The average Bonchev–Trinajstić information content (AvgIpc) is 3.74. The maximum Gasteiger partial charge on any atom is 0.132 e. The van der Waals surface area contributed by atoms with Crippen LogP contribution in [0.1, 0.15) is 44.5 Å². The largest absolute Gasteiger partial charge is 0.457 e. The average molecular weight is 699 g/mol. The Labute approximate surface area is 320 Å². The normalized spacial score (nSPS) is 16.4. The van der Waals surface area contributed by atoms with Crippen LogP contribution in [-0.2, 0) is 10.8 Å². The standard InChI is InChI=1S/C54H34O/c1-3-17-37(18-4-1)53(38-19-5-2-6-20-38)46-27-13-14-29-49(46)55-50-33-31-36(34-48(50)53)39-24-15-28-47-51(39)43-23-10-12-26-45(43)54(47)44-25-11-9-22-41(44)42-32-30-35-16-7-8-21-40(35)52(42)54/h1-34H. The first-order valence-corrected chi connectivity index (χ1v) is 19.2. The molecule has 1 atom stereocenters. The second-order valence-corrected chi connectivity index (χ2v) is 15.1. The van der Waals surface area contributed by atoms with E-state index in [0.29, 0.717) is 0 Å². The summed E-state index contributed by atoms with van der Waals surface area (Å²) in [5.74, 6) is 1.77. The van der Waals surface area contributed by atoms with E-state index in [4.69, 9.17) is 4.74 Å². The molecule has 3 aliphatic rings. The first kappa shape index (κ1) is 30.5. The Morgan fingerprint density at radius 2 is 0.909 bits per heavy atom. The zero-order valence-electron chi connectivity index (χ0n) is 30.0. The lowest BCUT2D eigenvalue weighted by molar-refractivity contribution is 0.434. The van der Waals surface area contributed by atoms with Crippen molar-refractivity contribution in [2.45, 2.75) is 10.8 Å². The highest BCUT2D eigenvalue weighted by molar-refractivity contribution is 6.05. The molecule has 55 heavy (non-hydrogen) atoms. The summed E-state index contributed by atoms with van der Waals surface area (Å²) in [5.41, 5.74) is 16.7. The molecule has 2 aliphatic carbocycles. The van der Waals surface area contributed by atoms with Crippen LogP contribution in [0.5, 0.6) is 11.5 Å². The van der Waals surface area contributed by atoms with Crippen LogP contribution < -0.4 is 4.74 Å². The van der Waals surface area contributed by atoms with Crippen LogP contribution in [0.4, 0.5) is 0 Å². The second kappa shape index (κ2) is 11.3. The van der Waals surface area contributed by atoms with Crippen LogP contribution in [0.3, 0.4) is 0 Å². The molecule has 1 aliphatic heterocycles. The lowest BCUT2D eigenvalue weighted by Gasteiger charge is -2.41. The second-order valence-electron chi connectivity index (χ2n) is 15.1. The molecule has 0 amide bonds. The van der Waals surface area contributed by atoms with Crippen molar-refractivity contribution < 1.29 is 4.74 Å². The third kappa shape index (κ3) is 3.87. The molecule has 1 heterocycles. The molecule has 0 N–H and O–H groups in total. The highest BCUT2D eigenvalue weighted by Crippen LogP contribution is 2.65. The van der Waals surface area contributed by atoms with Gasteiger partial charge in [0, 0.05) is 11.1 Å². The third-order valence-corrected chi connectivity index (χ3v) is 12.6. The Hall–Kier alpha value is -6.96. The fourth-order valence-corrected chi connectivity index (χ4v) is 10.6. The lowest BCUT2D eigenvalue weighted by atomic mass is 9.63. The Kier molecular flexibility index (Phi) is 6.25. The van der Waals surface area contributed by atoms with Crippen molar-refractivity contribution in [3.63, 3.8) is 0 Å². The first-order valence-electron chi connectivity index (χ1n) is 19.2. The van der Waals surface area contributed by atoms with E-state index in [1.54, 1.807) is 0 Å². The molecule has 0 fully saturated rings. The van der Waals surface area contributed by atoms with Gasteiger partial charge in [0.1, 0.15) is 11.5 Å². The molecule has 1 spiro atoms. The van der Waals surface area contributed by atoms with Gasteiger partial charge in [0.2, 0.25) is 0 Å². The van der Waals surface area contributed by atoms with Crippen LogP contribution in [0, 0.1) is 0 Å². The van der Waals surface area contributed by atoms with Gasteiger partial charge in [-0.1, -0.05) is 188 Å². The van der Waals surface area contributed by atoms with Crippen molar-refractivity contribution in [1.82, 2.24) is 0 Å². The molecular weight excluding hydrogens is 665 g/mol. The van der Waals surface area contributed by atoms with Crippen molar-refractivity contribution in [3.05, 3.63) is 251 Å². The van der Waals surface area contributed by atoms with Crippen molar-refractivity contribution in [1.29, 1.82) is 0 Å². The first-order chi connectivity index (χ1) is 27.3. The van der Waals surface area contributed by atoms with Crippen LogP contribution in [-0.4, -0.2) is 0 Å². The molecule has 1 unspecified atom stereocenters. The Balaban J connectivity index is 1.17. The van der Waals surface area contributed by atoms with Crippen molar-refractivity contribution in [2.24, 2.45) is 0 Å². The minimum absolute atomic E-state index is 0.456. The van der Waals surface area contributed by atoms with Gasteiger partial charge in [-0.2, -0.15) is 0 Å². The van der Waals surface area contributed by atoms with E-state index >= 15 is 0 Å². The number of fused-ring (bicyclic) bond motifs is 14. The maximum atomic E-state index is 6.81. The topological polar surface area (TPSA) is 9.23 Å². The van der Waals surface area contributed by atoms with Gasteiger partial charge in [-0.15, -0.1) is 0 Å². The van der Waals surface area contributed by atoms with Crippen LogP contribution in [0.25, 0.3) is 44.2 Å². The summed E-state index contributed by atoms with van der Waals surface area (Å²) < 4.78 is 6.81. The zero-order chi connectivity index (χ0) is 36.1. The fourth-order valence-electron chi connectivity index (χ4n) is 10.6. The molecule has 12 rings (SSSR count). The van der Waals surface area contributed by atoms with Crippen LogP contribution in [0.15, 0.2) is 206 Å². The van der Waals surface area contributed by atoms with E-state index in [1.165, 1.54) is 77.5 Å². The van der Waals surface area contributed by atoms with E-state index in [2.05, 4.69) is 206 Å². The van der Waals surface area contributed by atoms with Crippen molar-refractivity contribution >= 4 is 10.8 Å². The van der Waals surface area contributed by atoms with E-state index in [9.17, 15) is 0 Å². The Bertz CT molecular complexity index is 2970. The Morgan fingerprint density at radius 1 is 0.327 bits per heavy atom. The highest BCUT2D eigenvalue weighted by Gasteiger charge is 2.53. The summed E-state index contributed by atoms with van der Waals surface area (Å²) >= 11 is 0. The van der Waals surface area contributed by atoms with Gasteiger partial charge in [0.05, 0.1) is 10.8 Å². The number of ether oxygens (including phenoxy) is 1. The molecule has 0 aromatic heterocycles. The SMILES string of the molecule is c1ccc(C2(c3ccccc3)c3ccccc3Oc3ccc(-c4cccc5c4-c4ccccc4C54c5ccccc5-c5ccc6ccccc6c54)cc32)cc1. The van der Waals surface area contributed by atoms with Crippen LogP contribution in [0.2, 0.25) is 0 Å². The summed E-state index contributed by atoms with van der Waals surface area (Å²) in [6.07, 6.45) is 0. The molecule has 1 nitrogen and oxygen atoms in total. The summed E-state index contributed by atoms with van der Waals surface area (Å²) in [5, 5.41) is 2.58. The molecule has 0 bridgehead atoms. The predicted molar refractivity (Wildman–Crippen MR) is 224 cm³/mol. The van der Waals surface area contributed by atoms with E-state index in [-0.39, 0.29) is 0 Å². The molecule has 9 aromatic carbocycles.